The van der Waals surface area contributed by atoms with Crippen molar-refractivity contribution >= 4 is 31.0 Å². The van der Waals surface area contributed by atoms with Crippen molar-refractivity contribution in [1.29, 1.82) is 0 Å². The molecule has 0 aliphatic rings. The average Bonchev–Trinajstić information content (AvgIpc) is 3.11. The largest absolute Gasteiger partial charge is 0.325 e. The molecule has 0 fully saturated rings. The molecule has 0 unspecified atom stereocenters. The SMILES string of the molecule is CS(=O)(=O)c1cc(-c2ccc(F)cc2)cc(S(=O)(=O)c2cnc(CN)s2)c1. The van der Waals surface area contributed by atoms with Gasteiger partial charge in [-0.1, -0.05) is 12.1 Å². The van der Waals surface area contributed by atoms with Crippen LogP contribution >= 0.6 is 11.3 Å². The van der Waals surface area contributed by atoms with E-state index < -0.39 is 25.5 Å². The Hall–Kier alpha value is -2.14. The number of nitrogens with two attached hydrogens (primary N) is 1. The van der Waals surface area contributed by atoms with Crippen molar-refractivity contribution in [2.24, 2.45) is 5.73 Å². The Balaban J connectivity index is 2.23. The van der Waals surface area contributed by atoms with E-state index >= 15 is 0 Å². The van der Waals surface area contributed by atoms with E-state index in [9.17, 15) is 21.2 Å². The van der Waals surface area contributed by atoms with Crippen LogP contribution in [0.1, 0.15) is 5.01 Å². The number of halogens is 1. The average molecular weight is 427 g/mol. The van der Waals surface area contributed by atoms with Gasteiger partial charge in [-0.15, -0.1) is 11.3 Å². The molecule has 0 atom stereocenters. The lowest BCUT2D eigenvalue weighted by Crippen LogP contribution is -2.04. The van der Waals surface area contributed by atoms with Gasteiger partial charge < -0.3 is 5.73 Å². The summed E-state index contributed by atoms with van der Waals surface area (Å²) in [5.41, 5.74) is 6.32. The molecule has 27 heavy (non-hydrogen) atoms. The maximum atomic E-state index is 13.2. The van der Waals surface area contributed by atoms with Crippen molar-refractivity contribution in [3.63, 3.8) is 0 Å². The summed E-state index contributed by atoms with van der Waals surface area (Å²) >= 11 is 0.929. The van der Waals surface area contributed by atoms with Crippen LogP contribution in [0.25, 0.3) is 11.1 Å². The fourth-order valence-corrected chi connectivity index (χ4v) is 5.67. The maximum absolute atomic E-state index is 13.2. The number of hydrogen-bond donors (Lipinski definition) is 1. The van der Waals surface area contributed by atoms with Gasteiger partial charge in [-0.25, -0.2) is 26.2 Å². The minimum atomic E-state index is -3.99. The summed E-state index contributed by atoms with van der Waals surface area (Å²) in [7, 11) is -7.66. The van der Waals surface area contributed by atoms with Gasteiger partial charge in [-0.2, -0.15) is 0 Å². The number of thiazole rings is 1. The van der Waals surface area contributed by atoms with Gasteiger partial charge in [0, 0.05) is 12.8 Å². The Morgan fingerprint density at radius 2 is 1.63 bits per heavy atom. The molecule has 3 rings (SSSR count). The first-order valence-electron chi connectivity index (χ1n) is 7.62. The molecule has 10 heteroatoms. The summed E-state index contributed by atoms with van der Waals surface area (Å²) in [6.45, 7) is 0.102. The van der Waals surface area contributed by atoms with Gasteiger partial charge in [-0.05, 0) is 41.5 Å². The smallest absolute Gasteiger partial charge is 0.217 e. The van der Waals surface area contributed by atoms with Gasteiger partial charge in [0.1, 0.15) is 15.0 Å². The summed E-state index contributed by atoms with van der Waals surface area (Å²) in [5, 5.41) is 0.451. The number of nitrogens with zero attached hydrogens (tertiary/aromatic N) is 1. The Kier molecular flexibility index (Phi) is 5.17. The topological polar surface area (TPSA) is 107 Å². The van der Waals surface area contributed by atoms with Crippen molar-refractivity contribution < 1.29 is 21.2 Å². The minimum absolute atomic E-state index is 0.0290. The Morgan fingerprint density at radius 1 is 1.00 bits per heavy atom. The second-order valence-electron chi connectivity index (χ2n) is 5.75. The normalized spacial score (nSPS) is 12.3. The molecule has 0 aliphatic heterocycles. The van der Waals surface area contributed by atoms with Gasteiger partial charge in [0.25, 0.3) is 0 Å². The van der Waals surface area contributed by atoms with E-state index in [2.05, 4.69) is 4.98 Å². The first-order valence-corrected chi connectivity index (χ1v) is 11.8. The highest BCUT2D eigenvalue weighted by Gasteiger charge is 2.24. The molecular weight excluding hydrogens is 411 g/mol. The van der Waals surface area contributed by atoms with E-state index in [1.807, 2.05) is 0 Å². The first kappa shape index (κ1) is 19.6. The third kappa shape index (κ3) is 4.08. The van der Waals surface area contributed by atoms with Gasteiger partial charge in [0.15, 0.2) is 9.84 Å². The van der Waals surface area contributed by atoms with Gasteiger partial charge in [0.05, 0.1) is 16.0 Å². The maximum Gasteiger partial charge on any atom is 0.217 e. The molecule has 142 valence electrons. The van der Waals surface area contributed by atoms with Gasteiger partial charge in [0.2, 0.25) is 9.84 Å². The molecule has 6 nitrogen and oxygen atoms in total. The highest BCUT2D eigenvalue weighted by molar-refractivity contribution is 7.93. The summed E-state index contributed by atoms with van der Waals surface area (Å²) in [6, 6.07) is 9.16. The fraction of sp³-hybridized carbons (Fsp3) is 0.118. The van der Waals surface area contributed by atoms with Crippen LogP contribution in [0.2, 0.25) is 0 Å². The van der Waals surface area contributed by atoms with E-state index in [0.717, 1.165) is 23.7 Å². The predicted molar refractivity (Wildman–Crippen MR) is 100 cm³/mol. The lowest BCUT2D eigenvalue weighted by molar-refractivity contribution is 0.597. The number of benzene rings is 2. The zero-order valence-electron chi connectivity index (χ0n) is 14.1. The van der Waals surface area contributed by atoms with E-state index in [1.54, 1.807) is 0 Å². The third-order valence-corrected chi connectivity index (χ3v) is 8.07. The second-order valence-corrected chi connectivity index (χ2v) is 11.1. The second kappa shape index (κ2) is 7.12. The Morgan fingerprint density at radius 3 is 2.19 bits per heavy atom. The zero-order chi connectivity index (χ0) is 19.8. The fourth-order valence-electron chi connectivity index (χ4n) is 2.38. The van der Waals surface area contributed by atoms with Crippen molar-refractivity contribution in [1.82, 2.24) is 4.98 Å². The Labute approximate surface area is 160 Å². The molecule has 0 amide bonds. The van der Waals surface area contributed by atoms with Gasteiger partial charge >= 0.3 is 0 Å². The quantitative estimate of drug-likeness (QED) is 0.672. The molecule has 0 aliphatic carbocycles. The summed E-state index contributed by atoms with van der Waals surface area (Å²) in [6.07, 6.45) is 2.19. The highest BCUT2D eigenvalue weighted by Crippen LogP contribution is 2.32. The number of aromatic nitrogens is 1. The molecule has 1 heterocycles. The number of hydrogen-bond acceptors (Lipinski definition) is 7. The van der Waals surface area contributed by atoms with Gasteiger partial charge in [-0.3, -0.25) is 0 Å². The lowest BCUT2D eigenvalue weighted by atomic mass is 10.1. The third-order valence-electron chi connectivity index (χ3n) is 3.77. The van der Waals surface area contributed by atoms with Crippen LogP contribution in [0.3, 0.4) is 0 Å². The predicted octanol–water partition coefficient (Wildman–Crippen LogP) is 2.64. The zero-order valence-corrected chi connectivity index (χ0v) is 16.5. The van der Waals surface area contributed by atoms with Crippen LogP contribution in [0.15, 0.2) is 62.7 Å². The van der Waals surface area contributed by atoms with Crippen molar-refractivity contribution in [2.45, 2.75) is 20.5 Å². The van der Waals surface area contributed by atoms with Crippen LogP contribution in [0.4, 0.5) is 4.39 Å². The molecule has 0 saturated carbocycles. The molecular formula is C17H15FN2O4S3. The van der Waals surface area contributed by atoms with E-state index in [0.29, 0.717) is 16.1 Å². The first-order chi connectivity index (χ1) is 12.6. The lowest BCUT2D eigenvalue weighted by Gasteiger charge is -2.09. The molecule has 3 aromatic rings. The number of sulfone groups is 2. The molecule has 1 aromatic heterocycles. The minimum Gasteiger partial charge on any atom is -0.325 e. The monoisotopic (exact) mass is 426 g/mol. The molecule has 0 bridgehead atoms. The van der Waals surface area contributed by atoms with E-state index in [-0.39, 0.29) is 20.5 Å². The van der Waals surface area contributed by atoms with Crippen LogP contribution in [0.5, 0.6) is 0 Å². The van der Waals surface area contributed by atoms with Crippen molar-refractivity contribution in [3.8, 4) is 11.1 Å². The van der Waals surface area contributed by atoms with Crippen LogP contribution < -0.4 is 5.73 Å². The summed E-state index contributed by atoms with van der Waals surface area (Å²) in [4.78, 5) is 3.61. The number of rotatable bonds is 5. The summed E-state index contributed by atoms with van der Waals surface area (Å²) in [5.74, 6) is -0.454. The summed E-state index contributed by atoms with van der Waals surface area (Å²) < 4.78 is 63.2. The Bertz CT molecular complexity index is 1200. The molecule has 0 radical (unpaired) electrons. The van der Waals surface area contributed by atoms with Crippen molar-refractivity contribution in [2.75, 3.05) is 6.26 Å². The van der Waals surface area contributed by atoms with Crippen LogP contribution in [0, 0.1) is 5.82 Å². The molecule has 0 spiro atoms. The van der Waals surface area contributed by atoms with Crippen molar-refractivity contribution in [3.05, 3.63) is 59.5 Å². The van der Waals surface area contributed by atoms with E-state index in [1.165, 1.54) is 42.6 Å². The molecule has 2 aromatic carbocycles. The van der Waals surface area contributed by atoms with E-state index in [4.69, 9.17) is 5.73 Å². The van der Waals surface area contributed by atoms with Crippen LogP contribution in [-0.2, 0) is 26.2 Å². The molecule has 2 N–H and O–H groups in total. The standard InChI is InChI=1S/C17H15FN2O4S3/c1-26(21,22)14-6-12(11-2-4-13(18)5-3-11)7-15(8-14)27(23,24)17-10-20-16(9-19)25-17/h2-8,10H,9,19H2,1H3. The van der Waals surface area contributed by atoms with Crippen LogP contribution in [-0.4, -0.2) is 28.1 Å². The molecule has 0 saturated heterocycles. The highest BCUT2D eigenvalue weighted by atomic mass is 32.2.